The maximum Gasteiger partial charge on any atom is 0.407 e. The van der Waals surface area contributed by atoms with E-state index in [2.05, 4.69) is 45.3 Å². The van der Waals surface area contributed by atoms with E-state index < -0.39 is 17.0 Å². The highest BCUT2D eigenvalue weighted by Gasteiger charge is 2.37. The third kappa shape index (κ3) is 10.1. The molecule has 2 N–H and O–H groups in total. The molecule has 0 fully saturated rings. The van der Waals surface area contributed by atoms with Crippen LogP contribution in [-0.4, -0.2) is 24.1 Å². The number of hydrogen-bond acceptors (Lipinski definition) is 3. The molecule has 0 aliphatic carbocycles. The van der Waals surface area contributed by atoms with Crippen LogP contribution >= 0.6 is 0 Å². The van der Waals surface area contributed by atoms with Gasteiger partial charge in [0, 0.05) is 17.5 Å². The molecule has 0 spiro atoms. The van der Waals surface area contributed by atoms with Crippen molar-refractivity contribution in [2.24, 2.45) is 16.2 Å². The fourth-order valence-corrected chi connectivity index (χ4v) is 4.27. The van der Waals surface area contributed by atoms with Crippen LogP contribution in [0.25, 0.3) is 0 Å². The van der Waals surface area contributed by atoms with Crippen molar-refractivity contribution in [1.29, 1.82) is 0 Å². The van der Waals surface area contributed by atoms with E-state index in [1.807, 2.05) is 58.0 Å². The molecule has 1 aromatic carbocycles. The van der Waals surface area contributed by atoms with Crippen LogP contribution in [0, 0.1) is 16.2 Å². The molecule has 0 atom stereocenters. The number of carbonyl (C=O) groups excluding carboxylic acids is 2. The fourth-order valence-electron chi connectivity index (χ4n) is 4.27. The Labute approximate surface area is 183 Å². The largest absolute Gasteiger partial charge is 0.445 e. The van der Waals surface area contributed by atoms with Crippen molar-refractivity contribution in [3.63, 3.8) is 0 Å². The van der Waals surface area contributed by atoms with Gasteiger partial charge in [-0.15, -0.1) is 0 Å². The number of ether oxygens (including phenoxy) is 1. The zero-order valence-corrected chi connectivity index (χ0v) is 20.4. The standard InChI is InChI=1S/C25H42N2O3/c1-22(2,3)16-24(6,7)20(28)27-25(8,9)17-23(4,5)18-26-21(29)30-15-19-13-11-10-12-14-19/h10-14H,15-18H2,1-9H3,(H,26,29)(H,27,28). The highest BCUT2D eigenvalue weighted by molar-refractivity contribution is 5.82. The third-order valence-corrected chi connectivity index (χ3v) is 4.88. The summed E-state index contributed by atoms with van der Waals surface area (Å²) in [6.07, 6.45) is 1.09. The van der Waals surface area contributed by atoms with Gasteiger partial charge < -0.3 is 15.4 Å². The summed E-state index contributed by atoms with van der Waals surface area (Å²) in [5.74, 6) is 0.0634. The zero-order valence-electron chi connectivity index (χ0n) is 20.4. The van der Waals surface area contributed by atoms with Gasteiger partial charge in [0.25, 0.3) is 0 Å². The second-order valence-electron chi connectivity index (χ2n) is 11.7. The monoisotopic (exact) mass is 418 g/mol. The van der Waals surface area contributed by atoms with Crippen molar-refractivity contribution in [1.82, 2.24) is 10.6 Å². The maximum atomic E-state index is 12.9. The molecule has 0 heterocycles. The van der Waals surface area contributed by atoms with Crippen LogP contribution in [-0.2, 0) is 16.1 Å². The average molecular weight is 419 g/mol. The van der Waals surface area contributed by atoms with Crippen LogP contribution in [0.3, 0.4) is 0 Å². The first-order valence-electron chi connectivity index (χ1n) is 10.8. The molecule has 2 amide bonds. The summed E-state index contributed by atoms with van der Waals surface area (Å²) in [5, 5.41) is 6.08. The highest BCUT2D eigenvalue weighted by Crippen LogP contribution is 2.35. The highest BCUT2D eigenvalue weighted by atomic mass is 16.5. The van der Waals surface area contributed by atoms with Gasteiger partial charge >= 0.3 is 6.09 Å². The van der Waals surface area contributed by atoms with Gasteiger partial charge in [-0.05, 0) is 43.1 Å². The molecule has 30 heavy (non-hydrogen) atoms. The van der Waals surface area contributed by atoms with Crippen molar-refractivity contribution in [3.8, 4) is 0 Å². The smallest absolute Gasteiger partial charge is 0.407 e. The summed E-state index contributed by atoms with van der Waals surface area (Å²) in [6, 6.07) is 9.60. The molecule has 0 aromatic heterocycles. The Bertz CT molecular complexity index is 701. The molecular weight excluding hydrogens is 376 g/mol. The first kappa shape index (κ1) is 26.0. The summed E-state index contributed by atoms with van der Waals surface area (Å²) in [4.78, 5) is 25.0. The van der Waals surface area contributed by atoms with Gasteiger partial charge in [-0.3, -0.25) is 4.79 Å². The quantitative estimate of drug-likeness (QED) is 0.541. The molecule has 1 rings (SSSR count). The number of rotatable bonds is 9. The normalized spacial score (nSPS) is 13.0. The second-order valence-corrected chi connectivity index (χ2v) is 11.7. The number of alkyl carbamates (subject to hydrolysis) is 1. The summed E-state index contributed by atoms with van der Waals surface area (Å²) in [6.45, 7) is 19.4. The summed E-state index contributed by atoms with van der Waals surface area (Å²) >= 11 is 0. The van der Waals surface area contributed by atoms with E-state index in [9.17, 15) is 9.59 Å². The Morgan fingerprint density at radius 2 is 1.43 bits per heavy atom. The van der Waals surface area contributed by atoms with Gasteiger partial charge in [0.1, 0.15) is 6.61 Å². The fraction of sp³-hybridized carbons (Fsp3) is 0.680. The Balaban J connectivity index is 2.55. The third-order valence-electron chi connectivity index (χ3n) is 4.88. The molecule has 0 unspecified atom stereocenters. The SMILES string of the molecule is CC(C)(C)CC(C)(C)C(=O)NC(C)(C)CC(C)(C)CNC(=O)OCc1ccccc1. The van der Waals surface area contributed by atoms with Crippen molar-refractivity contribution in [2.75, 3.05) is 6.54 Å². The van der Waals surface area contributed by atoms with E-state index in [1.165, 1.54) is 0 Å². The zero-order chi connectivity index (χ0) is 23.2. The maximum absolute atomic E-state index is 12.9. The number of nitrogens with one attached hydrogen (secondary N) is 2. The van der Waals surface area contributed by atoms with E-state index in [1.54, 1.807) is 0 Å². The average Bonchev–Trinajstić information content (AvgIpc) is 2.55. The molecule has 5 nitrogen and oxygen atoms in total. The molecular formula is C25H42N2O3. The van der Waals surface area contributed by atoms with Crippen LogP contribution in [0.15, 0.2) is 30.3 Å². The van der Waals surface area contributed by atoms with Crippen LogP contribution in [0.2, 0.25) is 0 Å². The van der Waals surface area contributed by atoms with Crippen LogP contribution in [0.4, 0.5) is 4.79 Å². The topological polar surface area (TPSA) is 67.4 Å². The van der Waals surface area contributed by atoms with Crippen molar-refractivity contribution in [2.45, 2.75) is 87.3 Å². The minimum atomic E-state index is -0.445. The van der Waals surface area contributed by atoms with Crippen molar-refractivity contribution >= 4 is 12.0 Å². The van der Waals surface area contributed by atoms with Crippen LogP contribution < -0.4 is 10.6 Å². The van der Waals surface area contributed by atoms with Gasteiger partial charge in [-0.1, -0.05) is 78.8 Å². The number of amides is 2. The molecule has 5 heteroatoms. The van der Waals surface area contributed by atoms with Crippen LogP contribution in [0.5, 0.6) is 0 Å². The Hall–Kier alpha value is -2.04. The summed E-state index contributed by atoms with van der Waals surface area (Å²) in [5.41, 5.74) is -0.0242. The van der Waals surface area contributed by atoms with Crippen LogP contribution in [0.1, 0.15) is 80.7 Å². The molecule has 0 radical (unpaired) electrons. The van der Waals surface area contributed by atoms with Crippen molar-refractivity contribution in [3.05, 3.63) is 35.9 Å². The van der Waals surface area contributed by atoms with E-state index in [0.29, 0.717) is 6.54 Å². The molecule has 0 aliphatic rings. The summed E-state index contributed by atoms with van der Waals surface area (Å²) in [7, 11) is 0. The molecule has 0 saturated carbocycles. The Morgan fingerprint density at radius 3 is 1.97 bits per heavy atom. The van der Waals surface area contributed by atoms with Gasteiger partial charge in [0.2, 0.25) is 5.91 Å². The second kappa shape index (κ2) is 9.84. The van der Waals surface area contributed by atoms with Gasteiger partial charge in [0.05, 0.1) is 0 Å². The number of benzene rings is 1. The summed E-state index contributed by atoms with van der Waals surface area (Å²) < 4.78 is 5.29. The lowest BCUT2D eigenvalue weighted by molar-refractivity contribution is -0.132. The molecule has 0 aliphatic heterocycles. The Kier molecular flexibility index (Phi) is 8.53. The molecule has 170 valence electrons. The minimum absolute atomic E-state index is 0.0634. The molecule has 1 aromatic rings. The van der Waals surface area contributed by atoms with Gasteiger partial charge in [-0.25, -0.2) is 4.79 Å². The molecule has 0 bridgehead atoms. The van der Waals surface area contributed by atoms with E-state index >= 15 is 0 Å². The predicted octanol–water partition coefficient (Wildman–Crippen LogP) is 5.69. The number of hydrogen-bond donors (Lipinski definition) is 2. The lowest BCUT2D eigenvalue weighted by Crippen LogP contribution is -2.52. The number of carbonyl (C=O) groups is 2. The van der Waals surface area contributed by atoms with E-state index in [4.69, 9.17) is 4.74 Å². The molecule has 0 saturated heterocycles. The van der Waals surface area contributed by atoms with Gasteiger partial charge in [0.15, 0.2) is 0 Å². The first-order chi connectivity index (χ1) is 13.5. The lowest BCUT2D eigenvalue weighted by atomic mass is 9.74. The van der Waals surface area contributed by atoms with E-state index in [-0.39, 0.29) is 23.3 Å². The Morgan fingerprint density at radius 1 is 0.867 bits per heavy atom. The van der Waals surface area contributed by atoms with E-state index in [0.717, 1.165) is 18.4 Å². The lowest BCUT2D eigenvalue weighted by Gasteiger charge is -2.39. The minimum Gasteiger partial charge on any atom is -0.445 e. The van der Waals surface area contributed by atoms with Crippen molar-refractivity contribution < 1.29 is 14.3 Å². The first-order valence-corrected chi connectivity index (χ1v) is 10.8. The van der Waals surface area contributed by atoms with Gasteiger partial charge in [-0.2, -0.15) is 0 Å². The predicted molar refractivity (Wildman–Crippen MR) is 123 cm³/mol.